The average molecular weight is 237 g/mol. The van der Waals surface area contributed by atoms with Crippen molar-refractivity contribution in [2.24, 2.45) is 0 Å². The van der Waals surface area contributed by atoms with Crippen molar-refractivity contribution in [3.8, 4) is 11.1 Å². The van der Waals surface area contributed by atoms with E-state index in [0.717, 1.165) is 22.9 Å². The third kappa shape index (κ3) is 1.61. The van der Waals surface area contributed by atoms with Gasteiger partial charge in [-0.2, -0.15) is 0 Å². The van der Waals surface area contributed by atoms with Gasteiger partial charge in [0.2, 0.25) is 0 Å². The fraction of sp³-hybridized carbons (Fsp3) is 0.0667. The summed E-state index contributed by atoms with van der Waals surface area (Å²) in [4.78, 5) is 15.4. The summed E-state index contributed by atoms with van der Waals surface area (Å²) in [7, 11) is 0. The normalized spacial score (nSPS) is 10.7. The number of furan rings is 1. The largest absolute Gasteiger partial charge is 0.451 e. The van der Waals surface area contributed by atoms with E-state index in [1.54, 1.807) is 12.3 Å². The van der Waals surface area contributed by atoms with Crippen LogP contribution < -0.4 is 0 Å². The second kappa shape index (κ2) is 4.11. The van der Waals surface area contributed by atoms with E-state index in [1.807, 2.05) is 37.3 Å². The van der Waals surface area contributed by atoms with Crippen LogP contribution in [0.4, 0.5) is 0 Å². The maximum Gasteiger partial charge on any atom is 0.186 e. The molecule has 0 aliphatic heterocycles. The highest BCUT2D eigenvalue weighted by Crippen LogP contribution is 2.32. The Bertz CT molecular complexity index is 711. The molecule has 2 heterocycles. The van der Waals surface area contributed by atoms with Gasteiger partial charge in [0.15, 0.2) is 17.6 Å². The van der Waals surface area contributed by atoms with Crippen molar-refractivity contribution in [3.63, 3.8) is 0 Å². The Hall–Kier alpha value is -2.42. The first kappa shape index (κ1) is 10.7. The summed E-state index contributed by atoms with van der Waals surface area (Å²) < 4.78 is 5.50. The SMILES string of the molecule is Cc1ccc(-c2c(C=O)oc3cccnc23)cc1. The molecule has 3 aromatic rings. The molecule has 0 saturated heterocycles. The summed E-state index contributed by atoms with van der Waals surface area (Å²) in [6.45, 7) is 2.02. The van der Waals surface area contributed by atoms with Gasteiger partial charge in [-0.15, -0.1) is 0 Å². The summed E-state index contributed by atoms with van der Waals surface area (Å²) in [5, 5.41) is 0. The fourth-order valence-electron chi connectivity index (χ4n) is 2.03. The molecule has 0 radical (unpaired) electrons. The van der Waals surface area contributed by atoms with Gasteiger partial charge >= 0.3 is 0 Å². The number of carbonyl (C=O) groups excluding carboxylic acids is 1. The van der Waals surface area contributed by atoms with Crippen molar-refractivity contribution >= 4 is 17.4 Å². The van der Waals surface area contributed by atoms with Crippen molar-refractivity contribution < 1.29 is 9.21 Å². The molecule has 0 aliphatic rings. The lowest BCUT2D eigenvalue weighted by Crippen LogP contribution is -1.84. The quantitative estimate of drug-likeness (QED) is 0.639. The van der Waals surface area contributed by atoms with E-state index in [-0.39, 0.29) is 0 Å². The molecular formula is C15H11NO2. The fourth-order valence-corrected chi connectivity index (χ4v) is 2.03. The Kier molecular flexibility index (Phi) is 2.45. The van der Waals surface area contributed by atoms with Crippen LogP contribution in [0.5, 0.6) is 0 Å². The predicted octanol–water partition coefficient (Wildman–Crippen LogP) is 3.62. The van der Waals surface area contributed by atoms with E-state index in [0.29, 0.717) is 11.3 Å². The predicted molar refractivity (Wildman–Crippen MR) is 69.6 cm³/mol. The van der Waals surface area contributed by atoms with Gasteiger partial charge in [0, 0.05) is 6.20 Å². The lowest BCUT2D eigenvalue weighted by molar-refractivity contribution is 0.110. The number of aromatic nitrogens is 1. The number of pyridine rings is 1. The average Bonchev–Trinajstić information content (AvgIpc) is 2.78. The van der Waals surface area contributed by atoms with Crippen LogP contribution in [0.1, 0.15) is 16.1 Å². The second-order valence-corrected chi connectivity index (χ2v) is 4.18. The number of benzene rings is 1. The first-order chi connectivity index (χ1) is 8.79. The molecule has 0 amide bonds. The van der Waals surface area contributed by atoms with Crippen molar-refractivity contribution in [2.45, 2.75) is 6.92 Å². The van der Waals surface area contributed by atoms with E-state index < -0.39 is 0 Å². The lowest BCUT2D eigenvalue weighted by Gasteiger charge is -2.00. The third-order valence-electron chi connectivity index (χ3n) is 2.92. The molecule has 0 fully saturated rings. The van der Waals surface area contributed by atoms with Gasteiger partial charge in [-0.1, -0.05) is 29.8 Å². The lowest BCUT2D eigenvalue weighted by atomic mass is 10.0. The third-order valence-corrected chi connectivity index (χ3v) is 2.92. The molecule has 18 heavy (non-hydrogen) atoms. The van der Waals surface area contributed by atoms with E-state index in [9.17, 15) is 4.79 Å². The topological polar surface area (TPSA) is 43.1 Å². The molecule has 0 spiro atoms. The van der Waals surface area contributed by atoms with Gasteiger partial charge < -0.3 is 4.42 Å². The Morgan fingerprint density at radius 3 is 2.67 bits per heavy atom. The number of hydrogen-bond acceptors (Lipinski definition) is 3. The Labute approximate surface area is 104 Å². The van der Waals surface area contributed by atoms with Crippen LogP contribution >= 0.6 is 0 Å². The molecule has 88 valence electrons. The number of hydrogen-bond donors (Lipinski definition) is 0. The standard InChI is InChI=1S/C15H11NO2/c1-10-4-6-11(7-5-10)14-13(9-17)18-12-3-2-8-16-15(12)14/h2-9H,1H3. The van der Waals surface area contributed by atoms with Crippen LogP contribution in [0.2, 0.25) is 0 Å². The smallest absolute Gasteiger partial charge is 0.186 e. The van der Waals surface area contributed by atoms with Crippen LogP contribution in [0, 0.1) is 6.92 Å². The minimum Gasteiger partial charge on any atom is -0.451 e. The molecule has 0 saturated carbocycles. The summed E-state index contributed by atoms with van der Waals surface area (Å²) >= 11 is 0. The van der Waals surface area contributed by atoms with E-state index in [4.69, 9.17) is 4.42 Å². The van der Waals surface area contributed by atoms with E-state index in [2.05, 4.69) is 4.98 Å². The second-order valence-electron chi connectivity index (χ2n) is 4.18. The number of aryl methyl sites for hydroxylation is 1. The molecule has 3 heteroatoms. The monoisotopic (exact) mass is 237 g/mol. The van der Waals surface area contributed by atoms with Gasteiger partial charge in [-0.3, -0.25) is 9.78 Å². The Balaban J connectivity index is 2.32. The zero-order valence-electron chi connectivity index (χ0n) is 9.88. The highest BCUT2D eigenvalue weighted by Gasteiger charge is 2.15. The molecule has 0 unspecified atom stereocenters. The molecule has 0 bridgehead atoms. The van der Waals surface area contributed by atoms with E-state index in [1.165, 1.54) is 5.56 Å². The number of aldehydes is 1. The van der Waals surface area contributed by atoms with Crippen molar-refractivity contribution in [1.82, 2.24) is 4.98 Å². The zero-order chi connectivity index (χ0) is 12.5. The minimum atomic E-state index is 0.326. The van der Waals surface area contributed by atoms with Crippen LogP contribution in [0.3, 0.4) is 0 Å². The number of nitrogens with zero attached hydrogens (tertiary/aromatic N) is 1. The maximum absolute atomic E-state index is 11.1. The van der Waals surface area contributed by atoms with Crippen LogP contribution in [-0.2, 0) is 0 Å². The van der Waals surface area contributed by atoms with Crippen LogP contribution in [-0.4, -0.2) is 11.3 Å². The first-order valence-corrected chi connectivity index (χ1v) is 5.69. The van der Waals surface area contributed by atoms with Crippen molar-refractivity contribution in [1.29, 1.82) is 0 Å². The maximum atomic E-state index is 11.1. The molecule has 2 aromatic heterocycles. The van der Waals surface area contributed by atoms with Crippen molar-refractivity contribution in [2.75, 3.05) is 0 Å². The minimum absolute atomic E-state index is 0.326. The molecule has 1 aromatic carbocycles. The van der Waals surface area contributed by atoms with Gasteiger partial charge in [0.05, 0.1) is 5.56 Å². The summed E-state index contributed by atoms with van der Waals surface area (Å²) in [5.41, 5.74) is 4.24. The van der Waals surface area contributed by atoms with Gasteiger partial charge in [-0.05, 0) is 24.6 Å². The van der Waals surface area contributed by atoms with Crippen LogP contribution in [0.15, 0.2) is 47.0 Å². The first-order valence-electron chi connectivity index (χ1n) is 5.69. The van der Waals surface area contributed by atoms with Gasteiger partial charge in [0.25, 0.3) is 0 Å². The highest BCUT2D eigenvalue weighted by molar-refractivity contribution is 5.99. The number of rotatable bonds is 2. The molecule has 3 nitrogen and oxygen atoms in total. The van der Waals surface area contributed by atoms with Gasteiger partial charge in [0.1, 0.15) is 5.52 Å². The summed E-state index contributed by atoms with van der Waals surface area (Å²) in [6.07, 6.45) is 2.43. The number of fused-ring (bicyclic) bond motifs is 1. The Morgan fingerprint density at radius 1 is 1.17 bits per heavy atom. The van der Waals surface area contributed by atoms with Gasteiger partial charge in [-0.25, -0.2) is 0 Å². The number of carbonyl (C=O) groups is 1. The molecular weight excluding hydrogens is 226 g/mol. The highest BCUT2D eigenvalue weighted by atomic mass is 16.3. The molecule has 3 rings (SSSR count). The molecule has 0 atom stereocenters. The van der Waals surface area contributed by atoms with Crippen molar-refractivity contribution in [3.05, 3.63) is 53.9 Å². The molecule has 0 N–H and O–H groups in total. The van der Waals surface area contributed by atoms with Crippen LogP contribution in [0.25, 0.3) is 22.2 Å². The van der Waals surface area contributed by atoms with E-state index >= 15 is 0 Å². The Morgan fingerprint density at radius 2 is 1.94 bits per heavy atom. The summed E-state index contributed by atoms with van der Waals surface area (Å²) in [6, 6.07) is 11.6. The summed E-state index contributed by atoms with van der Waals surface area (Å²) in [5.74, 6) is 0.326. The molecule has 0 aliphatic carbocycles. The zero-order valence-corrected chi connectivity index (χ0v) is 9.88.